The van der Waals surface area contributed by atoms with Crippen LogP contribution in [0.15, 0.2) is 66.9 Å². The molecule has 45 heavy (non-hydrogen) atoms. The van der Waals surface area contributed by atoms with Crippen molar-refractivity contribution in [3.05, 3.63) is 117 Å². The number of halogens is 5. The Hall–Kier alpha value is -4.56. The van der Waals surface area contributed by atoms with Crippen LogP contribution in [0.4, 0.5) is 23.2 Å². The van der Waals surface area contributed by atoms with Crippen LogP contribution in [-0.2, 0) is 5.41 Å². The fourth-order valence-corrected chi connectivity index (χ4v) is 5.31. The van der Waals surface area contributed by atoms with Crippen molar-refractivity contribution in [1.29, 1.82) is 0 Å². The second-order valence-corrected chi connectivity index (χ2v) is 12.4. The lowest BCUT2D eigenvalue weighted by atomic mass is 9.86. The minimum Gasteiger partial charge on any atom is -0.398 e. The number of aromatic nitrogens is 3. The van der Waals surface area contributed by atoms with Crippen LogP contribution in [0, 0.1) is 44.0 Å². The minimum absolute atomic E-state index is 0.0440. The fourth-order valence-electron chi connectivity index (χ4n) is 5.04. The van der Waals surface area contributed by atoms with Gasteiger partial charge in [0.1, 0.15) is 11.6 Å². The van der Waals surface area contributed by atoms with E-state index in [1.807, 2.05) is 31.2 Å². The van der Waals surface area contributed by atoms with Gasteiger partial charge in [0.25, 0.3) is 0 Å². The summed E-state index contributed by atoms with van der Waals surface area (Å²) in [4.78, 5) is 13.1. The topological polar surface area (TPSA) is 64.7 Å². The second-order valence-electron chi connectivity index (χ2n) is 12.0. The molecule has 0 saturated heterocycles. The number of pyridine rings is 3. The van der Waals surface area contributed by atoms with Gasteiger partial charge in [0.15, 0.2) is 11.6 Å². The van der Waals surface area contributed by atoms with Crippen molar-refractivity contribution in [1.82, 2.24) is 15.0 Å². The summed E-state index contributed by atoms with van der Waals surface area (Å²) >= 11 is 6.24. The van der Waals surface area contributed by atoms with Crippen LogP contribution in [0.3, 0.4) is 0 Å². The van der Waals surface area contributed by atoms with Crippen LogP contribution in [0.1, 0.15) is 43.0 Å². The van der Waals surface area contributed by atoms with Crippen molar-refractivity contribution < 1.29 is 17.6 Å². The number of benzene rings is 3. The number of anilines is 1. The maximum atomic E-state index is 14.1. The molecule has 0 aliphatic rings. The average Bonchev–Trinajstić information content (AvgIpc) is 2.98. The second kappa shape index (κ2) is 12.1. The van der Waals surface area contributed by atoms with E-state index in [2.05, 4.69) is 47.9 Å². The van der Waals surface area contributed by atoms with Crippen molar-refractivity contribution in [3.63, 3.8) is 0 Å². The summed E-state index contributed by atoms with van der Waals surface area (Å²) in [5.41, 5.74) is 13.1. The zero-order valence-electron chi connectivity index (χ0n) is 25.7. The van der Waals surface area contributed by atoms with E-state index in [4.69, 9.17) is 17.3 Å². The van der Waals surface area contributed by atoms with Crippen molar-refractivity contribution in [2.45, 2.75) is 47.0 Å². The Bertz CT molecular complexity index is 2070. The summed E-state index contributed by atoms with van der Waals surface area (Å²) in [6.07, 6.45) is 1.71. The predicted molar refractivity (Wildman–Crippen MR) is 174 cm³/mol. The zero-order chi connectivity index (χ0) is 32.8. The Morgan fingerprint density at radius 2 is 1.38 bits per heavy atom. The lowest BCUT2D eigenvalue weighted by molar-refractivity contribution is 0.517. The predicted octanol–water partition coefficient (Wildman–Crippen LogP) is 10.2. The summed E-state index contributed by atoms with van der Waals surface area (Å²) in [7, 11) is 0. The molecule has 0 radical (unpaired) electrons. The Balaban J connectivity index is 0.000000179. The lowest BCUT2D eigenvalue weighted by Crippen LogP contribution is -2.10. The number of hydrogen-bond donors (Lipinski definition) is 1. The molecule has 6 rings (SSSR count). The van der Waals surface area contributed by atoms with Crippen LogP contribution in [0.2, 0.25) is 5.02 Å². The van der Waals surface area contributed by atoms with Gasteiger partial charge >= 0.3 is 0 Å². The van der Waals surface area contributed by atoms with Gasteiger partial charge in [-0.05, 0) is 66.6 Å². The van der Waals surface area contributed by atoms with E-state index in [1.54, 1.807) is 20.0 Å². The highest BCUT2D eigenvalue weighted by molar-refractivity contribution is 6.36. The number of rotatable bonds is 2. The van der Waals surface area contributed by atoms with Crippen LogP contribution in [0.5, 0.6) is 0 Å². The molecule has 2 N–H and O–H groups in total. The summed E-state index contributed by atoms with van der Waals surface area (Å²) in [5.74, 6) is -3.27. The van der Waals surface area contributed by atoms with Gasteiger partial charge in [-0.3, -0.25) is 4.98 Å². The van der Waals surface area contributed by atoms with E-state index in [0.29, 0.717) is 33.7 Å². The molecule has 0 aliphatic heterocycles. The maximum absolute atomic E-state index is 14.1. The van der Waals surface area contributed by atoms with E-state index < -0.39 is 23.3 Å². The maximum Gasteiger partial charge on any atom is 0.170 e. The molecule has 0 fully saturated rings. The molecule has 0 bridgehead atoms. The highest BCUT2D eigenvalue weighted by Gasteiger charge is 2.19. The lowest BCUT2D eigenvalue weighted by Gasteiger charge is -2.19. The third-order valence-corrected chi connectivity index (χ3v) is 8.15. The smallest absolute Gasteiger partial charge is 0.170 e. The van der Waals surface area contributed by atoms with Gasteiger partial charge in [0.05, 0.1) is 43.9 Å². The molecule has 6 aromatic rings. The molecule has 4 nitrogen and oxygen atoms in total. The molecule has 0 unspecified atom stereocenters. The number of nitrogens with two attached hydrogens (primary N) is 1. The number of fused-ring (bicyclic) bond motifs is 2. The van der Waals surface area contributed by atoms with E-state index >= 15 is 0 Å². The van der Waals surface area contributed by atoms with E-state index in [-0.39, 0.29) is 32.4 Å². The van der Waals surface area contributed by atoms with E-state index in [9.17, 15) is 17.6 Å². The van der Waals surface area contributed by atoms with E-state index in [0.717, 1.165) is 23.3 Å². The third kappa shape index (κ3) is 6.20. The molecule has 0 amide bonds. The summed E-state index contributed by atoms with van der Waals surface area (Å²) in [6, 6.07) is 16.3. The minimum atomic E-state index is -0.949. The summed E-state index contributed by atoms with van der Waals surface area (Å²) < 4.78 is 54.8. The van der Waals surface area contributed by atoms with Gasteiger partial charge in [0.2, 0.25) is 0 Å². The number of aryl methyl sites for hydroxylation is 1. The van der Waals surface area contributed by atoms with Crippen molar-refractivity contribution in [3.8, 4) is 22.6 Å². The first-order valence-corrected chi connectivity index (χ1v) is 14.6. The highest BCUT2D eigenvalue weighted by Crippen LogP contribution is 2.36. The molecular formula is C36H31ClF4N4. The highest BCUT2D eigenvalue weighted by atomic mass is 35.5. The van der Waals surface area contributed by atoms with Gasteiger partial charge in [0, 0.05) is 29.6 Å². The normalized spacial score (nSPS) is 11.5. The molecule has 0 spiro atoms. The Morgan fingerprint density at radius 3 is 2.00 bits per heavy atom. The molecule has 9 heteroatoms. The van der Waals surface area contributed by atoms with Crippen LogP contribution < -0.4 is 5.73 Å². The summed E-state index contributed by atoms with van der Waals surface area (Å²) in [5, 5.41) is 0.406. The Labute approximate surface area is 263 Å². The quantitative estimate of drug-likeness (QED) is 0.193. The molecule has 3 aromatic carbocycles. The van der Waals surface area contributed by atoms with Gasteiger partial charge in [-0.2, -0.15) is 0 Å². The van der Waals surface area contributed by atoms with Gasteiger partial charge in [-0.25, -0.2) is 27.5 Å². The molecule has 0 atom stereocenters. The average molecular weight is 631 g/mol. The van der Waals surface area contributed by atoms with Crippen LogP contribution in [0.25, 0.3) is 44.5 Å². The summed E-state index contributed by atoms with van der Waals surface area (Å²) in [6.45, 7) is 11.9. The van der Waals surface area contributed by atoms with Gasteiger partial charge in [-0.15, -0.1) is 0 Å². The Kier molecular flexibility index (Phi) is 8.55. The monoisotopic (exact) mass is 630 g/mol. The standard InChI is InChI=1S/C20H20F2N2.C16H11ClF2N2/c1-11-18(23)16-15(10-9-14(21)17(16)22)24-19(11)12-5-7-13(8-6-12)20(2,3)4;1-8-3-4-12(20-7-8)16-9(2)15(17)14-11(19)5-10(18)6-13(14)21-16/h5-10H,1-4H3,(H2,23,24);3-7H,1-2H3. The van der Waals surface area contributed by atoms with Crippen molar-refractivity contribution >= 4 is 39.1 Å². The van der Waals surface area contributed by atoms with Crippen molar-refractivity contribution in [2.24, 2.45) is 0 Å². The first-order chi connectivity index (χ1) is 21.2. The van der Waals surface area contributed by atoms with Gasteiger partial charge < -0.3 is 5.73 Å². The largest absolute Gasteiger partial charge is 0.398 e. The molecular weight excluding hydrogens is 600 g/mol. The molecule has 230 valence electrons. The number of hydrogen-bond acceptors (Lipinski definition) is 4. The molecule has 3 aromatic heterocycles. The first kappa shape index (κ1) is 31.9. The number of nitrogens with zero attached hydrogens (tertiary/aromatic N) is 3. The van der Waals surface area contributed by atoms with Gasteiger partial charge in [-0.1, -0.05) is 62.7 Å². The first-order valence-electron chi connectivity index (χ1n) is 14.2. The number of nitrogen functional groups attached to an aromatic ring is 1. The Morgan fingerprint density at radius 1 is 0.711 bits per heavy atom. The molecule has 3 heterocycles. The van der Waals surface area contributed by atoms with E-state index in [1.165, 1.54) is 17.7 Å². The van der Waals surface area contributed by atoms with Crippen LogP contribution in [-0.4, -0.2) is 15.0 Å². The third-order valence-electron chi connectivity index (χ3n) is 7.68. The zero-order valence-corrected chi connectivity index (χ0v) is 26.4. The molecule has 0 aliphatic carbocycles. The van der Waals surface area contributed by atoms with Crippen molar-refractivity contribution in [2.75, 3.05) is 5.73 Å². The molecule has 0 saturated carbocycles. The fraction of sp³-hybridized carbons (Fsp3) is 0.194. The van der Waals surface area contributed by atoms with Crippen LogP contribution >= 0.6 is 11.6 Å². The SMILES string of the molecule is Cc1c(-c2ccc(C(C)(C)C)cc2)nc2ccc(F)c(F)c2c1N.Cc1ccc(-c2nc3cc(F)cc(F)c3c(Cl)c2C)nc1.